The Labute approximate surface area is 96.3 Å². The van der Waals surface area contributed by atoms with Crippen molar-refractivity contribution in [1.29, 1.82) is 0 Å². The highest BCUT2D eigenvalue weighted by atomic mass is 19.4. The minimum atomic E-state index is -4.34. The van der Waals surface area contributed by atoms with Crippen molar-refractivity contribution >= 4 is 10.9 Å². The lowest BCUT2D eigenvalue weighted by Crippen LogP contribution is -2.06. The number of rotatable bonds is 1. The summed E-state index contributed by atoms with van der Waals surface area (Å²) in [5, 5.41) is 0.672. The second kappa shape index (κ2) is 4.00. The fourth-order valence-corrected chi connectivity index (χ4v) is 1.79. The van der Waals surface area contributed by atoms with Crippen molar-refractivity contribution in [2.45, 2.75) is 19.6 Å². The first-order valence-corrected chi connectivity index (χ1v) is 5.09. The van der Waals surface area contributed by atoms with Crippen LogP contribution < -0.4 is 5.73 Å². The lowest BCUT2D eigenvalue weighted by molar-refractivity contribution is -0.137. The normalized spacial score (nSPS) is 12.1. The first kappa shape index (κ1) is 11.9. The standard InChI is InChI=1S/C12H11F3N2/c1-7-4-8(6-16)10-3-2-9(12(13,14)15)5-11(10)17-7/h2-5H,6,16H2,1H3. The zero-order valence-corrected chi connectivity index (χ0v) is 9.17. The average Bonchev–Trinajstić information content (AvgIpc) is 2.25. The van der Waals surface area contributed by atoms with E-state index in [1.807, 2.05) is 0 Å². The number of hydrogen-bond acceptors (Lipinski definition) is 2. The topological polar surface area (TPSA) is 38.9 Å². The quantitative estimate of drug-likeness (QED) is 0.832. The Morgan fingerprint density at radius 2 is 1.94 bits per heavy atom. The summed E-state index contributed by atoms with van der Waals surface area (Å²) in [6, 6.07) is 5.32. The number of benzene rings is 1. The molecule has 1 aromatic carbocycles. The predicted molar refractivity (Wildman–Crippen MR) is 59.4 cm³/mol. The van der Waals surface area contributed by atoms with Gasteiger partial charge in [0.25, 0.3) is 0 Å². The van der Waals surface area contributed by atoms with Crippen molar-refractivity contribution in [2.75, 3.05) is 0 Å². The number of hydrogen-bond donors (Lipinski definition) is 1. The number of alkyl halides is 3. The molecule has 0 radical (unpaired) electrons. The molecule has 90 valence electrons. The Kier molecular flexibility index (Phi) is 2.79. The third-order valence-electron chi connectivity index (χ3n) is 2.57. The third-order valence-corrected chi connectivity index (χ3v) is 2.57. The van der Waals surface area contributed by atoms with Crippen LogP contribution in [0.2, 0.25) is 0 Å². The van der Waals surface area contributed by atoms with Crippen LogP contribution in [0.4, 0.5) is 13.2 Å². The largest absolute Gasteiger partial charge is 0.416 e. The second-order valence-electron chi connectivity index (χ2n) is 3.86. The monoisotopic (exact) mass is 240 g/mol. The summed E-state index contributed by atoms with van der Waals surface area (Å²) in [4.78, 5) is 4.10. The van der Waals surface area contributed by atoms with Crippen LogP contribution in [-0.2, 0) is 12.7 Å². The average molecular weight is 240 g/mol. The smallest absolute Gasteiger partial charge is 0.326 e. The van der Waals surface area contributed by atoms with Gasteiger partial charge in [-0.1, -0.05) is 6.07 Å². The molecule has 1 aromatic heterocycles. The Bertz CT molecular complexity index is 561. The highest BCUT2D eigenvalue weighted by Crippen LogP contribution is 2.31. The van der Waals surface area contributed by atoms with Crippen LogP contribution in [0.25, 0.3) is 10.9 Å². The number of nitrogens with two attached hydrogens (primary N) is 1. The van der Waals surface area contributed by atoms with Crippen molar-refractivity contribution in [2.24, 2.45) is 5.73 Å². The number of aryl methyl sites for hydroxylation is 1. The molecule has 0 unspecified atom stereocenters. The van der Waals surface area contributed by atoms with Gasteiger partial charge in [0.1, 0.15) is 0 Å². The molecule has 5 heteroatoms. The van der Waals surface area contributed by atoms with Crippen LogP contribution >= 0.6 is 0 Å². The molecular formula is C12H11F3N2. The maximum absolute atomic E-state index is 12.5. The van der Waals surface area contributed by atoms with E-state index in [1.54, 1.807) is 13.0 Å². The third kappa shape index (κ3) is 2.24. The molecule has 0 amide bonds. The van der Waals surface area contributed by atoms with Crippen LogP contribution in [0, 0.1) is 6.92 Å². The number of halogens is 3. The van der Waals surface area contributed by atoms with Gasteiger partial charge in [0, 0.05) is 17.6 Å². The number of nitrogens with zero attached hydrogens (tertiary/aromatic N) is 1. The van der Waals surface area contributed by atoms with E-state index in [4.69, 9.17) is 5.73 Å². The van der Waals surface area contributed by atoms with E-state index in [9.17, 15) is 13.2 Å². The molecule has 0 saturated carbocycles. The van der Waals surface area contributed by atoms with Crippen molar-refractivity contribution < 1.29 is 13.2 Å². The summed E-state index contributed by atoms with van der Waals surface area (Å²) in [5.74, 6) is 0. The lowest BCUT2D eigenvalue weighted by atomic mass is 10.1. The molecule has 2 aromatic rings. The fraction of sp³-hybridized carbons (Fsp3) is 0.250. The minimum Gasteiger partial charge on any atom is -0.326 e. The maximum atomic E-state index is 12.5. The summed E-state index contributed by atoms with van der Waals surface area (Å²) >= 11 is 0. The molecule has 2 nitrogen and oxygen atoms in total. The zero-order valence-electron chi connectivity index (χ0n) is 9.17. The van der Waals surface area contributed by atoms with Crippen molar-refractivity contribution in [3.8, 4) is 0 Å². The van der Waals surface area contributed by atoms with Gasteiger partial charge in [-0.25, -0.2) is 0 Å². The van der Waals surface area contributed by atoms with Gasteiger partial charge in [0.15, 0.2) is 0 Å². The Balaban J connectivity index is 2.70. The molecule has 2 N–H and O–H groups in total. The van der Waals surface area contributed by atoms with Gasteiger partial charge in [-0.05, 0) is 30.7 Å². The number of aromatic nitrogens is 1. The molecule has 17 heavy (non-hydrogen) atoms. The Morgan fingerprint density at radius 3 is 2.53 bits per heavy atom. The van der Waals surface area contributed by atoms with E-state index in [1.165, 1.54) is 6.07 Å². The van der Waals surface area contributed by atoms with E-state index in [2.05, 4.69) is 4.98 Å². The minimum absolute atomic E-state index is 0.283. The van der Waals surface area contributed by atoms with Gasteiger partial charge >= 0.3 is 6.18 Å². The van der Waals surface area contributed by atoms with Crippen molar-refractivity contribution in [3.05, 3.63) is 41.1 Å². The van der Waals surface area contributed by atoms with E-state index in [-0.39, 0.29) is 6.54 Å². The van der Waals surface area contributed by atoms with Gasteiger partial charge in [0.05, 0.1) is 11.1 Å². The Hall–Kier alpha value is -1.62. The summed E-state index contributed by atoms with van der Waals surface area (Å²) in [7, 11) is 0. The van der Waals surface area contributed by atoms with Crippen LogP contribution in [0.3, 0.4) is 0 Å². The molecule has 2 rings (SSSR count). The second-order valence-corrected chi connectivity index (χ2v) is 3.86. The summed E-state index contributed by atoms with van der Waals surface area (Å²) in [5.41, 5.74) is 6.67. The van der Waals surface area contributed by atoms with Gasteiger partial charge in [0.2, 0.25) is 0 Å². The SMILES string of the molecule is Cc1cc(CN)c2ccc(C(F)(F)F)cc2n1. The lowest BCUT2D eigenvalue weighted by Gasteiger charge is -2.10. The van der Waals surface area contributed by atoms with E-state index in [0.29, 0.717) is 16.6 Å². The van der Waals surface area contributed by atoms with Crippen molar-refractivity contribution in [3.63, 3.8) is 0 Å². The molecule has 0 aliphatic carbocycles. The molecule has 1 heterocycles. The molecule has 0 saturated heterocycles. The highest BCUT2D eigenvalue weighted by molar-refractivity contribution is 5.83. The first-order chi connectivity index (χ1) is 7.91. The van der Waals surface area contributed by atoms with E-state index >= 15 is 0 Å². The summed E-state index contributed by atoms with van der Waals surface area (Å²) in [6.45, 7) is 2.02. The van der Waals surface area contributed by atoms with Gasteiger partial charge in [-0.15, -0.1) is 0 Å². The summed E-state index contributed by atoms with van der Waals surface area (Å²) in [6.07, 6.45) is -4.34. The van der Waals surface area contributed by atoms with Crippen LogP contribution in [0.15, 0.2) is 24.3 Å². The van der Waals surface area contributed by atoms with Crippen LogP contribution in [0.5, 0.6) is 0 Å². The van der Waals surface area contributed by atoms with Crippen LogP contribution in [-0.4, -0.2) is 4.98 Å². The zero-order chi connectivity index (χ0) is 12.6. The summed E-state index contributed by atoms with van der Waals surface area (Å²) < 4.78 is 37.6. The van der Waals surface area contributed by atoms with E-state index in [0.717, 1.165) is 17.7 Å². The molecule has 0 fully saturated rings. The highest BCUT2D eigenvalue weighted by Gasteiger charge is 2.30. The van der Waals surface area contributed by atoms with Gasteiger partial charge < -0.3 is 5.73 Å². The Morgan fingerprint density at radius 1 is 1.24 bits per heavy atom. The first-order valence-electron chi connectivity index (χ1n) is 5.09. The van der Waals surface area contributed by atoms with Crippen LogP contribution in [0.1, 0.15) is 16.8 Å². The number of fused-ring (bicyclic) bond motifs is 1. The predicted octanol–water partition coefficient (Wildman–Crippen LogP) is 3.02. The van der Waals surface area contributed by atoms with Gasteiger partial charge in [-0.2, -0.15) is 13.2 Å². The van der Waals surface area contributed by atoms with Gasteiger partial charge in [-0.3, -0.25) is 4.98 Å². The molecule has 0 aliphatic heterocycles. The van der Waals surface area contributed by atoms with Crippen molar-refractivity contribution in [1.82, 2.24) is 4.98 Å². The molecular weight excluding hydrogens is 229 g/mol. The fourth-order valence-electron chi connectivity index (χ4n) is 1.79. The molecule has 0 atom stereocenters. The maximum Gasteiger partial charge on any atom is 0.416 e. The molecule has 0 spiro atoms. The molecule has 0 aliphatic rings. The molecule has 0 bridgehead atoms. The number of pyridine rings is 1. The van der Waals surface area contributed by atoms with E-state index < -0.39 is 11.7 Å².